The van der Waals surface area contributed by atoms with Crippen molar-refractivity contribution < 1.29 is 9.53 Å². The van der Waals surface area contributed by atoms with Gasteiger partial charge in [-0.05, 0) is 6.08 Å². The SMILES string of the molecule is C#CCOC(=O)C(C#N)=CC=C. The molecular formula is C9H7NO2. The Bertz CT molecular complexity index is 289. The van der Waals surface area contributed by atoms with E-state index >= 15 is 0 Å². The highest BCUT2D eigenvalue weighted by Gasteiger charge is 2.07. The Morgan fingerprint density at radius 1 is 1.75 bits per heavy atom. The second-order valence-electron chi connectivity index (χ2n) is 1.71. The van der Waals surface area contributed by atoms with Gasteiger partial charge in [-0.25, -0.2) is 4.79 Å². The summed E-state index contributed by atoms with van der Waals surface area (Å²) in [5.74, 6) is 1.39. The lowest BCUT2D eigenvalue weighted by Gasteiger charge is -1.96. The van der Waals surface area contributed by atoms with E-state index in [1.165, 1.54) is 12.2 Å². The van der Waals surface area contributed by atoms with Crippen LogP contribution in [0.5, 0.6) is 0 Å². The number of esters is 1. The van der Waals surface area contributed by atoms with Gasteiger partial charge >= 0.3 is 5.97 Å². The fraction of sp³-hybridized carbons (Fsp3) is 0.111. The summed E-state index contributed by atoms with van der Waals surface area (Å²) in [5, 5.41) is 8.41. The third-order valence-corrected chi connectivity index (χ3v) is 0.911. The molecule has 0 atom stereocenters. The zero-order chi connectivity index (χ0) is 9.40. The molecule has 3 nitrogen and oxygen atoms in total. The molecule has 3 heteroatoms. The average Bonchev–Trinajstić information content (AvgIpc) is 2.10. The first kappa shape index (κ1) is 10.0. The van der Waals surface area contributed by atoms with Crippen LogP contribution in [0.1, 0.15) is 0 Å². The smallest absolute Gasteiger partial charge is 0.349 e. The molecule has 0 amide bonds. The molecule has 0 saturated carbocycles. The van der Waals surface area contributed by atoms with Crippen molar-refractivity contribution in [2.75, 3.05) is 6.61 Å². The van der Waals surface area contributed by atoms with Crippen molar-refractivity contribution in [3.63, 3.8) is 0 Å². The molecule has 0 aliphatic heterocycles. The van der Waals surface area contributed by atoms with E-state index in [9.17, 15) is 4.79 Å². The van der Waals surface area contributed by atoms with E-state index in [1.54, 1.807) is 6.07 Å². The molecule has 0 rings (SSSR count). The van der Waals surface area contributed by atoms with Gasteiger partial charge in [-0.2, -0.15) is 5.26 Å². The summed E-state index contributed by atoms with van der Waals surface area (Å²) < 4.78 is 4.48. The lowest BCUT2D eigenvalue weighted by Crippen LogP contribution is -2.06. The third-order valence-electron chi connectivity index (χ3n) is 0.911. The Labute approximate surface area is 70.9 Å². The van der Waals surface area contributed by atoms with E-state index in [2.05, 4.69) is 17.2 Å². The monoisotopic (exact) mass is 161 g/mol. The van der Waals surface area contributed by atoms with Crippen LogP contribution in [0.4, 0.5) is 0 Å². The maximum absolute atomic E-state index is 10.9. The molecule has 60 valence electrons. The van der Waals surface area contributed by atoms with Gasteiger partial charge in [-0.1, -0.05) is 18.6 Å². The number of rotatable bonds is 3. The van der Waals surface area contributed by atoms with Gasteiger partial charge in [-0.15, -0.1) is 6.42 Å². The molecule has 0 aliphatic rings. The molecule has 0 aliphatic carbocycles. The Hall–Kier alpha value is -2.00. The van der Waals surface area contributed by atoms with Crippen molar-refractivity contribution in [3.8, 4) is 18.4 Å². The summed E-state index contributed by atoms with van der Waals surface area (Å²) in [5.41, 5.74) is -0.111. The summed E-state index contributed by atoms with van der Waals surface area (Å²) in [6, 6.07) is 1.66. The molecular weight excluding hydrogens is 154 g/mol. The van der Waals surface area contributed by atoms with E-state index in [0.29, 0.717) is 0 Å². The molecule has 0 heterocycles. The minimum atomic E-state index is -0.727. The van der Waals surface area contributed by atoms with Gasteiger partial charge in [-0.3, -0.25) is 0 Å². The number of nitrogens with zero attached hydrogens (tertiary/aromatic N) is 1. The number of hydrogen-bond donors (Lipinski definition) is 0. The van der Waals surface area contributed by atoms with Gasteiger partial charge in [0.1, 0.15) is 11.6 Å². The topological polar surface area (TPSA) is 50.1 Å². The molecule has 0 spiro atoms. The highest BCUT2D eigenvalue weighted by atomic mass is 16.5. The lowest BCUT2D eigenvalue weighted by molar-refractivity contribution is -0.137. The van der Waals surface area contributed by atoms with Gasteiger partial charge in [0.05, 0.1) is 0 Å². The minimum absolute atomic E-state index is 0.111. The summed E-state index contributed by atoms with van der Waals surface area (Å²) in [7, 11) is 0. The Morgan fingerprint density at radius 2 is 2.42 bits per heavy atom. The van der Waals surface area contributed by atoms with E-state index in [0.717, 1.165) is 0 Å². The Morgan fingerprint density at radius 3 is 2.83 bits per heavy atom. The standard InChI is InChI=1S/C9H7NO2/c1-3-5-8(7-10)9(11)12-6-4-2/h2-3,5H,1,6H2. The number of terminal acetylenes is 1. The van der Waals surface area contributed by atoms with Crippen LogP contribution < -0.4 is 0 Å². The van der Waals surface area contributed by atoms with Crippen molar-refractivity contribution >= 4 is 5.97 Å². The maximum Gasteiger partial charge on any atom is 0.349 e. The highest BCUT2D eigenvalue weighted by Crippen LogP contribution is 1.95. The molecule has 0 aromatic heterocycles. The quantitative estimate of drug-likeness (QED) is 0.202. The average molecular weight is 161 g/mol. The zero-order valence-corrected chi connectivity index (χ0v) is 6.41. The molecule has 0 radical (unpaired) electrons. The van der Waals surface area contributed by atoms with Crippen molar-refractivity contribution in [3.05, 3.63) is 24.3 Å². The Balaban J connectivity index is 4.28. The summed E-state index contributed by atoms with van der Waals surface area (Å²) in [6.45, 7) is 3.21. The minimum Gasteiger partial charge on any atom is -0.448 e. The van der Waals surface area contributed by atoms with Crippen molar-refractivity contribution in [2.24, 2.45) is 0 Å². The number of ether oxygens (including phenoxy) is 1. The Kier molecular flexibility index (Phi) is 4.80. The molecule has 0 N–H and O–H groups in total. The number of allylic oxidation sites excluding steroid dienone is 2. The van der Waals surface area contributed by atoms with Gasteiger partial charge < -0.3 is 4.74 Å². The van der Waals surface area contributed by atoms with E-state index in [-0.39, 0.29) is 12.2 Å². The van der Waals surface area contributed by atoms with Crippen molar-refractivity contribution in [1.82, 2.24) is 0 Å². The van der Waals surface area contributed by atoms with Crippen LogP contribution in [0, 0.1) is 23.7 Å². The van der Waals surface area contributed by atoms with E-state index in [1.807, 2.05) is 0 Å². The summed E-state index contributed by atoms with van der Waals surface area (Å²) in [4.78, 5) is 10.9. The molecule has 12 heavy (non-hydrogen) atoms. The van der Waals surface area contributed by atoms with Crippen molar-refractivity contribution in [2.45, 2.75) is 0 Å². The number of hydrogen-bond acceptors (Lipinski definition) is 3. The van der Waals surface area contributed by atoms with E-state index in [4.69, 9.17) is 11.7 Å². The van der Waals surface area contributed by atoms with Crippen LogP contribution in [-0.4, -0.2) is 12.6 Å². The predicted octanol–water partition coefficient (Wildman–Crippen LogP) is 0.799. The second kappa shape index (κ2) is 5.76. The zero-order valence-electron chi connectivity index (χ0n) is 6.41. The van der Waals surface area contributed by atoms with Gasteiger partial charge in [0.15, 0.2) is 6.61 Å². The molecule has 0 aromatic carbocycles. The van der Waals surface area contributed by atoms with Gasteiger partial charge in [0.25, 0.3) is 0 Å². The van der Waals surface area contributed by atoms with Gasteiger partial charge in [0, 0.05) is 0 Å². The van der Waals surface area contributed by atoms with Crippen LogP contribution in [0.25, 0.3) is 0 Å². The van der Waals surface area contributed by atoms with Crippen LogP contribution in [0.3, 0.4) is 0 Å². The molecule has 0 saturated heterocycles. The van der Waals surface area contributed by atoms with Crippen LogP contribution in [0.2, 0.25) is 0 Å². The fourth-order valence-electron chi connectivity index (χ4n) is 0.454. The number of carbonyl (C=O) groups excluding carboxylic acids is 1. The highest BCUT2D eigenvalue weighted by molar-refractivity contribution is 5.93. The third kappa shape index (κ3) is 3.24. The first-order chi connectivity index (χ1) is 5.76. The summed E-state index contributed by atoms with van der Waals surface area (Å²) in [6.07, 6.45) is 7.43. The normalized spacial score (nSPS) is 9.33. The molecule has 0 fully saturated rings. The fourth-order valence-corrected chi connectivity index (χ4v) is 0.454. The molecule has 0 bridgehead atoms. The largest absolute Gasteiger partial charge is 0.448 e. The maximum atomic E-state index is 10.9. The van der Waals surface area contributed by atoms with Crippen LogP contribution in [-0.2, 0) is 9.53 Å². The van der Waals surface area contributed by atoms with Gasteiger partial charge in [0.2, 0.25) is 0 Å². The number of nitriles is 1. The molecule has 0 aromatic rings. The van der Waals surface area contributed by atoms with Crippen molar-refractivity contribution in [1.29, 1.82) is 5.26 Å². The lowest BCUT2D eigenvalue weighted by atomic mass is 10.3. The first-order valence-electron chi connectivity index (χ1n) is 3.09. The first-order valence-corrected chi connectivity index (χ1v) is 3.09. The number of carbonyl (C=O) groups is 1. The predicted molar refractivity (Wildman–Crippen MR) is 43.7 cm³/mol. The van der Waals surface area contributed by atoms with Crippen LogP contribution in [0.15, 0.2) is 24.3 Å². The van der Waals surface area contributed by atoms with E-state index < -0.39 is 5.97 Å². The second-order valence-corrected chi connectivity index (χ2v) is 1.71. The molecule has 0 unspecified atom stereocenters. The summed E-state index contributed by atoms with van der Waals surface area (Å²) >= 11 is 0. The van der Waals surface area contributed by atoms with Crippen LogP contribution >= 0.6 is 0 Å².